The molecule has 1 saturated heterocycles. The van der Waals surface area contributed by atoms with E-state index in [4.69, 9.17) is 15.2 Å². The number of amides is 1. The number of nitrogens with zero attached hydrogens (tertiary/aromatic N) is 4. The van der Waals surface area contributed by atoms with Crippen molar-refractivity contribution in [3.63, 3.8) is 0 Å². The van der Waals surface area contributed by atoms with E-state index in [2.05, 4.69) is 24.6 Å². The normalized spacial score (nSPS) is 15.0. The molecule has 0 unspecified atom stereocenters. The van der Waals surface area contributed by atoms with Crippen molar-refractivity contribution >= 4 is 27.8 Å². The molecule has 0 radical (unpaired) electrons. The molecule has 9 heteroatoms. The van der Waals surface area contributed by atoms with Crippen molar-refractivity contribution in [3.05, 3.63) is 42.4 Å². The van der Waals surface area contributed by atoms with Crippen LogP contribution in [-0.2, 0) is 11.8 Å². The van der Waals surface area contributed by atoms with Crippen LogP contribution >= 0.6 is 0 Å². The topological polar surface area (TPSA) is 111 Å². The Morgan fingerprint density at radius 3 is 2.87 bits per heavy atom. The number of aromatic amines is 1. The lowest BCUT2D eigenvalue weighted by Crippen LogP contribution is -2.38. The van der Waals surface area contributed by atoms with Gasteiger partial charge >= 0.3 is 0 Å². The van der Waals surface area contributed by atoms with E-state index >= 15 is 0 Å². The molecule has 3 N–H and O–H groups in total. The van der Waals surface area contributed by atoms with Gasteiger partial charge in [-0.05, 0) is 29.8 Å². The highest BCUT2D eigenvalue weighted by atomic mass is 16.5. The molecule has 0 bridgehead atoms. The molecule has 4 aromatic rings. The quantitative estimate of drug-likeness (QED) is 0.493. The summed E-state index contributed by atoms with van der Waals surface area (Å²) in [6, 6.07) is 7.80. The van der Waals surface area contributed by atoms with Gasteiger partial charge in [-0.25, -0.2) is 4.98 Å². The van der Waals surface area contributed by atoms with E-state index in [0.717, 1.165) is 66.0 Å². The molecule has 3 aromatic heterocycles. The van der Waals surface area contributed by atoms with Gasteiger partial charge in [0, 0.05) is 54.7 Å². The molecule has 0 spiro atoms. The molecule has 1 aliphatic heterocycles. The Balaban J connectivity index is 1.49. The number of pyridine rings is 1. The Hall–Kier alpha value is -3.43. The maximum atomic E-state index is 11.8. The molecule has 4 heterocycles. The van der Waals surface area contributed by atoms with Crippen LogP contribution in [0.5, 0.6) is 5.75 Å². The van der Waals surface area contributed by atoms with Crippen LogP contribution in [0.4, 0.5) is 0 Å². The Bertz CT molecular complexity index is 1260. The van der Waals surface area contributed by atoms with Crippen LogP contribution < -0.4 is 10.5 Å². The number of hydrogen-bond donors (Lipinski definition) is 2. The van der Waals surface area contributed by atoms with Crippen molar-refractivity contribution in [2.75, 3.05) is 39.5 Å². The molecule has 160 valence electrons. The van der Waals surface area contributed by atoms with Gasteiger partial charge < -0.3 is 19.8 Å². The number of nitrogens with one attached hydrogen (secondary N) is 1. The molecular formula is C22H24N6O3. The first kappa shape index (κ1) is 19.5. The number of fused-ring (bicyclic) bond motifs is 2. The SMILES string of the molecule is Cn1cc(-c2cc(C(N)=O)nc3[nH]ncc23)c2cc(OCCN3CCOCC3)ccc21. The van der Waals surface area contributed by atoms with E-state index < -0.39 is 5.91 Å². The van der Waals surface area contributed by atoms with E-state index in [0.29, 0.717) is 12.3 Å². The van der Waals surface area contributed by atoms with Crippen molar-refractivity contribution in [2.45, 2.75) is 0 Å². The summed E-state index contributed by atoms with van der Waals surface area (Å²) in [6.45, 7) is 4.92. The lowest BCUT2D eigenvalue weighted by atomic mass is 10.0. The number of ether oxygens (including phenoxy) is 2. The zero-order valence-electron chi connectivity index (χ0n) is 17.3. The van der Waals surface area contributed by atoms with E-state index in [-0.39, 0.29) is 5.69 Å². The molecule has 1 aromatic carbocycles. The van der Waals surface area contributed by atoms with Gasteiger partial charge in [0.25, 0.3) is 5.91 Å². The number of aryl methyl sites for hydroxylation is 1. The summed E-state index contributed by atoms with van der Waals surface area (Å²) >= 11 is 0. The van der Waals surface area contributed by atoms with Gasteiger partial charge in [-0.1, -0.05) is 0 Å². The summed E-state index contributed by atoms with van der Waals surface area (Å²) in [5.74, 6) is 0.228. The molecule has 5 rings (SSSR count). The third kappa shape index (κ3) is 3.73. The van der Waals surface area contributed by atoms with Crippen molar-refractivity contribution < 1.29 is 14.3 Å². The second-order valence-electron chi connectivity index (χ2n) is 7.69. The van der Waals surface area contributed by atoms with Gasteiger partial charge in [0.05, 0.1) is 19.4 Å². The Labute approximate surface area is 178 Å². The Morgan fingerprint density at radius 1 is 1.23 bits per heavy atom. The van der Waals surface area contributed by atoms with E-state index in [1.165, 1.54) is 0 Å². The lowest BCUT2D eigenvalue weighted by Gasteiger charge is -2.26. The molecule has 0 atom stereocenters. The number of nitrogens with two attached hydrogens (primary N) is 1. The number of rotatable bonds is 6. The summed E-state index contributed by atoms with van der Waals surface area (Å²) in [4.78, 5) is 18.4. The monoisotopic (exact) mass is 420 g/mol. The molecule has 0 saturated carbocycles. The zero-order valence-corrected chi connectivity index (χ0v) is 17.3. The first-order chi connectivity index (χ1) is 15.1. The van der Waals surface area contributed by atoms with E-state index in [1.54, 1.807) is 12.3 Å². The second kappa shape index (κ2) is 8.01. The number of primary amides is 1. The number of hydrogen-bond acceptors (Lipinski definition) is 6. The number of aromatic nitrogens is 4. The number of benzene rings is 1. The van der Waals surface area contributed by atoms with Crippen LogP contribution in [0.15, 0.2) is 36.7 Å². The van der Waals surface area contributed by atoms with Crippen molar-refractivity contribution in [3.8, 4) is 16.9 Å². The number of morpholine rings is 1. The fraction of sp³-hybridized carbons (Fsp3) is 0.318. The van der Waals surface area contributed by atoms with E-state index in [1.807, 2.05) is 31.4 Å². The third-order valence-electron chi connectivity index (χ3n) is 5.71. The Kier molecular flexibility index (Phi) is 5.05. The summed E-state index contributed by atoms with van der Waals surface area (Å²) in [5.41, 5.74) is 9.11. The molecule has 1 amide bonds. The van der Waals surface area contributed by atoms with Crippen LogP contribution in [0, 0.1) is 0 Å². The summed E-state index contributed by atoms with van der Waals surface area (Å²) in [7, 11) is 1.99. The fourth-order valence-corrected chi connectivity index (χ4v) is 4.07. The van der Waals surface area contributed by atoms with Gasteiger partial charge in [0.2, 0.25) is 0 Å². The summed E-state index contributed by atoms with van der Waals surface area (Å²) in [5, 5.41) is 8.78. The van der Waals surface area contributed by atoms with Crippen LogP contribution in [-0.4, -0.2) is 70.0 Å². The Morgan fingerprint density at radius 2 is 2.06 bits per heavy atom. The predicted molar refractivity (Wildman–Crippen MR) is 117 cm³/mol. The van der Waals surface area contributed by atoms with Gasteiger partial charge in [-0.3, -0.25) is 14.8 Å². The zero-order chi connectivity index (χ0) is 21.4. The minimum Gasteiger partial charge on any atom is -0.492 e. The first-order valence-electron chi connectivity index (χ1n) is 10.3. The number of carbonyl (C=O) groups excluding carboxylic acids is 1. The first-order valence-corrected chi connectivity index (χ1v) is 10.3. The highest BCUT2D eigenvalue weighted by Crippen LogP contribution is 2.36. The highest BCUT2D eigenvalue weighted by molar-refractivity contribution is 6.06. The minimum absolute atomic E-state index is 0.196. The third-order valence-corrected chi connectivity index (χ3v) is 5.71. The largest absolute Gasteiger partial charge is 0.492 e. The van der Waals surface area contributed by atoms with Crippen molar-refractivity contribution in [2.24, 2.45) is 12.8 Å². The van der Waals surface area contributed by atoms with Gasteiger partial charge in [0.1, 0.15) is 18.1 Å². The lowest BCUT2D eigenvalue weighted by molar-refractivity contribution is 0.0322. The smallest absolute Gasteiger partial charge is 0.267 e. The molecule has 9 nitrogen and oxygen atoms in total. The van der Waals surface area contributed by atoms with Crippen LogP contribution in [0.2, 0.25) is 0 Å². The average Bonchev–Trinajstić information content (AvgIpc) is 3.38. The van der Waals surface area contributed by atoms with Crippen molar-refractivity contribution in [1.29, 1.82) is 0 Å². The second-order valence-corrected chi connectivity index (χ2v) is 7.69. The number of carbonyl (C=O) groups is 1. The maximum Gasteiger partial charge on any atom is 0.267 e. The molecule has 1 fully saturated rings. The fourth-order valence-electron chi connectivity index (χ4n) is 4.07. The minimum atomic E-state index is -0.579. The van der Waals surface area contributed by atoms with Crippen LogP contribution in [0.3, 0.4) is 0 Å². The highest BCUT2D eigenvalue weighted by Gasteiger charge is 2.17. The summed E-state index contributed by atoms with van der Waals surface area (Å²) in [6.07, 6.45) is 3.75. The number of H-pyrrole nitrogens is 1. The molecule has 31 heavy (non-hydrogen) atoms. The van der Waals surface area contributed by atoms with Crippen LogP contribution in [0.1, 0.15) is 10.5 Å². The van der Waals surface area contributed by atoms with Gasteiger partial charge in [-0.15, -0.1) is 0 Å². The molecule has 1 aliphatic rings. The maximum absolute atomic E-state index is 11.8. The molecular weight excluding hydrogens is 396 g/mol. The van der Waals surface area contributed by atoms with E-state index in [9.17, 15) is 4.79 Å². The summed E-state index contributed by atoms with van der Waals surface area (Å²) < 4.78 is 13.5. The van der Waals surface area contributed by atoms with Crippen LogP contribution in [0.25, 0.3) is 33.1 Å². The molecule has 0 aliphatic carbocycles. The average molecular weight is 420 g/mol. The predicted octanol–water partition coefficient (Wildman–Crippen LogP) is 1.93. The van der Waals surface area contributed by atoms with Crippen molar-refractivity contribution in [1.82, 2.24) is 24.6 Å². The van der Waals surface area contributed by atoms with Gasteiger partial charge in [0.15, 0.2) is 5.65 Å². The standard InChI is InChI=1S/C22H24N6O3/c1-27-13-18(15-11-19(21(23)29)25-22-17(15)12-24-26-22)16-10-14(2-3-20(16)27)31-9-6-28-4-7-30-8-5-28/h2-3,10-13H,4-9H2,1H3,(H2,23,29)(H,24,25,26). The van der Waals surface area contributed by atoms with Gasteiger partial charge in [-0.2, -0.15) is 5.10 Å².